The summed E-state index contributed by atoms with van der Waals surface area (Å²) in [7, 11) is -4.30. The molecule has 6 nitrogen and oxygen atoms in total. The molecule has 5 rings (SSSR count). The van der Waals surface area contributed by atoms with Gasteiger partial charge >= 0.3 is 15.8 Å². The van der Waals surface area contributed by atoms with Crippen LogP contribution < -0.4 is 9.29 Å². The van der Waals surface area contributed by atoms with Crippen LogP contribution in [-0.2, 0) is 15.5 Å². The van der Waals surface area contributed by atoms with Crippen molar-refractivity contribution in [1.29, 1.82) is 5.39 Å². The third-order valence-electron chi connectivity index (χ3n) is 6.71. The zero-order valence-corrected chi connectivity index (χ0v) is 19.2. The summed E-state index contributed by atoms with van der Waals surface area (Å²) in [4.78, 5) is 2.74. The topological polar surface area (TPSA) is 94.6 Å². The molecule has 4 aromatic carbocycles. The van der Waals surface area contributed by atoms with Gasteiger partial charge in [0.25, 0.3) is 0 Å². The molecule has 1 fully saturated rings. The van der Waals surface area contributed by atoms with Gasteiger partial charge in [0.1, 0.15) is 10.6 Å². The highest BCUT2D eigenvalue weighted by atomic mass is 32.2. The minimum absolute atomic E-state index is 0.0869. The van der Waals surface area contributed by atoms with Gasteiger partial charge < -0.3 is 9.29 Å². The van der Waals surface area contributed by atoms with Crippen LogP contribution in [0.1, 0.15) is 36.8 Å². The van der Waals surface area contributed by atoms with Gasteiger partial charge in [-0.25, -0.2) is 0 Å². The molecule has 0 heterocycles. The highest BCUT2D eigenvalue weighted by Gasteiger charge is 2.37. The van der Waals surface area contributed by atoms with Crippen molar-refractivity contribution >= 4 is 26.6 Å². The Balaban J connectivity index is 1.51. The van der Waals surface area contributed by atoms with Crippen LogP contribution >= 0.6 is 0 Å². The molecular weight excluding hydrogens is 448 g/mol. The van der Waals surface area contributed by atoms with Crippen LogP contribution in [0.5, 0.6) is 11.5 Å². The number of hydrogen-bond donors (Lipinski definition) is 0. The highest BCUT2D eigenvalue weighted by molar-refractivity contribution is 7.87. The minimum atomic E-state index is -4.30. The molecule has 7 heteroatoms. The van der Waals surface area contributed by atoms with E-state index in [0.29, 0.717) is 0 Å². The lowest BCUT2D eigenvalue weighted by Crippen LogP contribution is -2.23. The zero-order chi connectivity index (χ0) is 23.8. The fraction of sp³-hybridized carbons (Fsp3) is 0.185. The van der Waals surface area contributed by atoms with Crippen LogP contribution in [0.3, 0.4) is 0 Å². The molecule has 1 aliphatic rings. The molecule has 0 saturated heterocycles. The summed E-state index contributed by atoms with van der Waals surface area (Å²) in [6.07, 6.45) is 4.36. The van der Waals surface area contributed by atoms with E-state index in [1.54, 1.807) is 24.3 Å². The smallest absolute Gasteiger partial charge is 0.379 e. The molecule has 1 aliphatic carbocycles. The lowest BCUT2D eigenvalue weighted by atomic mass is 9.73. The summed E-state index contributed by atoms with van der Waals surface area (Å²) in [5.74, 6) is -0.382. The maximum atomic E-state index is 13.2. The van der Waals surface area contributed by atoms with E-state index in [1.165, 1.54) is 17.7 Å². The van der Waals surface area contributed by atoms with Crippen LogP contribution in [0.2, 0.25) is 0 Å². The fourth-order valence-electron chi connectivity index (χ4n) is 5.06. The maximum Gasteiger partial charge on any atom is 0.379 e. The normalized spacial score (nSPS) is 15.1. The van der Waals surface area contributed by atoms with Crippen molar-refractivity contribution in [3.05, 3.63) is 101 Å². The molecular formula is C27H22N2O4S. The molecule has 0 N–H and O–H groups in total. The van der Waals surface area contributed by atoms with Crippen molar-refractivity contribution in [2.75, 3.05) is 0 Å². The Labute approximate surface area is 198 Å². The van der Waals surface area contributed by atoms with Crippen molar-refractivity contribution in [2.45, 2.75) is 36.0 Å². The fourth-order valence-corrected chi connectivity index (χ4v) is 6.22. The molecule has 4 aromatic rings. The monoisotopic (exact) mass is 470 g/mol. The SMILES string of the molecule is N#[N+]c1cc(S(=O)(=O)Oc2ccc(C3(c4ccccc4)CCCC3)cc2)c2ccccc2c1[O-]. The van der Waals surface area contributed by atoms with Gasteiger partial charge in [0.05, 0.1) is 6.07 Å². The second-order valence-electron chi connectivity index (χ2n) is 8.59. The number of fused-ring (bicyclic) bond motifs is 1. The summed E-state index contributed by atoms with van der Waals surface area (Å²) in [5, 5.41) is 22.0. The number of nitrogens with zero attached hydrogens (tertiary/aromatic N) is 2. The van der Waals surface area contributed by atoms with E-state index >= 15 is 0 Å². The van der Waals surface area contributed by atoms with Crippen LogP contribution in [0.15, 0.2) is 89.8 Å². The lowest BCUT2D eigenvalue weighted by molar-refractivity contribution is -0.264. The van der Waals surface area contributed by atoms with Crippen molar-refractivity contribution < 1.29 is 17.7 Å². The third-order valence-corrected chi connectivity index (χ3v) is 8.00. The molecule has 0 aromatic heterocycles. The van der Waals surface area contributed by atoms with Crippen LogP contribution in [-0.4, -0.2) is 8.42 Å². The Morgan fingerprint density at radius 1 is 0.824 bits per heavy atom. The van der Waals surface area contributed by atoms with E-state index in [-0.39, 0.29) is 32.5 Å². The van der Waals surface area contributed by atoms with Gasteiger partial charge in [0, 0.05) is 10.8 Å². The summed E-state index contributed by atoms with van der Waals surface area (Å²) < 4.78 is 31.8. The molecule has 34 heavy (non-hydrogen) atoms. The standard InChI is InChI=1S/C27H22N2O4S/c28-29-24-18-25(22-10-4-5-11-23(22)26(24)30)34(31,32)33-21-14-12-20(13-15-21)27(16-6-7-17-27)19-8-2-1-3-9-19/h1-5,8-15,18H,6-7,16-17H2. The summed E-state index contributed by atoms with van der Waals surface area (Å²) >= 11 is 0. The molecule has 170 valence electrons. The first kappa shape index (κ1) is 21.9. The number of rotatable bonds is 5. The van der Waals surface area contributed by atoms with E-state index in [4.69, 9.17) is 4.18 Å². The molecule has 1 saturated carbocycles. The largest absolute Gasteiger partial charge is 0.867 e. The Bertz CT molecular complexity index is 1500. The average Bonchev–Trinajstić information content (AvgIpc) is 3.36. The van der Waals surface area contributed by atoms with Gasteiger partial charge in [0.2, 0.25) is 5.39 Å². The Morgan fingerprint density at radius 3 is 2.06 bits per heavy atom. The van der Waals surface area contributed by atoms with E-state index in [2.05, 4.69) is 17.1 Å². The average molecular weight is 471 g/mol. The molecule has 0 unspecified atom stereocenters. The first-order chi connectivity index (χ1) is 16.4. The molecule has 0 atom stereocenters. The summed E-state index contributed by atoms with van der Waals surface area (Å²) in [5.41, 5.74) is 1.94. The maximum absolute atomic E-state index is 13.2. The number of benzene rings is 4. The quantitative estimate of drug-likeness (QED) is 0.262. The van der Waals surface area contributed by atoms with Crippen LogP contribution in [0.25, 0.3) is 15.7 Å². The zero-order valence-electron chi connectivity index (χ0n) is 18.3. The van der Waals surface area contributed by atoms with Crippen LogP contribution in [0, 0.1) is 5.39 Å². The molecule has 0 bridgehead atoms. The molecule has 0 amide bonds. The molecule has 0 radical (unpaired) electrons. The lowest BCUT2D eigenvalue weighted by Gasteiger charge is -2.30. The van der Waals surface area contributed by atoms with Gasteiger partial charge in [-0.15, -0.1) is 0 Å². The van der Waals surface area contributed by atoms with Gasteiger partial charge in [0.15, 0.2) is 4.98 Å². The first-order valence-electron chi connectivity index (χ1n) is 11.1. The van der Waals surface area contributed by atoms with E-state index in [9.17, 15) is 18.9 Å². The third kappa shape index (κ3) is 3.66. The van der Waals surface area contributed by atoms with Gasteiger partial charge in [-0.3, -0.25) is 0 Å². The van der Waals surface area contributed by atoms with Crippen molar-refractivity contribution in [1.82, 2.24) is 0 Å². The predicted molar refractivity (Wildman–Crippen MR) is 128 cm³/mol. The first-order valence-corrected chi connectivity index (χ1v) is 12.5. The minimum Gasteiger partial charge on any atom is -0.867 e. The Hall–Kier alpha value is -3.89. The second kappa shape index (κ2) is 8.47. The Morgan fingerprint density at radius 2 is 1.41 bits per heavy atom. The van der Waals surface area contributed by atoms with Crippen molar-refractivity contribution in [3.8, 4) is 11.5 Å². The number of hydrogen-bond acceptors (Lipinski definition) is 5. The Kier molecular flexibility index (Phi) is 5.46. The second-order valence-corrected chi connectivity index (χ2v) is 10.1. The molecule has 0 aliphatic heterocycles. The van der Waals surface area contributed by atoms with Gasteiger partial charge in [-0.05, 0) is 47.2 Å². The highest BCUT2D eigenvalue weighted by Crippen LogP contribution is 2.46. The van der Waals surface area contributed by atoms with E-state index < -0.39 is 15.9 Å². The van der Waals surface area contributed by atoms with E-state index in [0.717, 1.165) is 37.3 Å². The van der Waals surface area contributed by atoms with Crippen LogP contribution in [0.4, 0.5) is 5.69 Å². The number of diazo groups is 1. The molecule has 0 spiro atoms. The van der Waals surface area contributed by atoms with Crippen molar-refractivity contribution in [2.24, 2.45) is 0 Å². The summed E-state index contributed by atoms with van der Waals surface area (Å²) in [6, 6.07) is 24.9. The van der Waals surface area contributed by atoms with Gasteiger partial charge in [-0.1, -0.05) is 79.6 Å². The van der Waals surface area contributed by atoms with E-state index in [1.807, 2.05) is 30.3 Å². The summed E-state index contributed by atoms with van der Waals surface area (Å²) in [6.45, 7) is 0. The predicted octanol–water partition coefficient (Wildman–Crippen LogP) is 6.03. The van der Waals surface area contributed by atoms with Gasteiger partial charge in [-0.2, -0.15) is 8.42 Å². The van der Waals surface area contributed by atoms with Crippen molar-refractivity contribution in [3.63, 3.8) is 0 Å².